The van der Waals surface area contributed by atoms with E-state index in [1.807, 2.05) is 6.92 Å². The zero-order chi connectivity index (χ0) is 28.3. The number of hydrogen-bond donors (Lipinski definition) is 1. The van der Waals surface area contributed by atoms with Crippen LogP contribution < -0.4 is 5.32 Å². The average molecular weight is 578 g/mol. The lowest BCUT2D eigenvalue weighted by atomic mass is 10.1. The number of rotatable bonds is 10. The highest BCUT2D eigenvalue weighted by Crippen LogP contribution is 2.27. The van der Waals surface area contributed by atoms with Crippen molar-refractivity contribution in [2.45, 2.75) is 43.7 Å². The maximum atomic E-state index is 13.8. The second kappa shape index (κ2) is 12.0. The third-order valence-electron chi connectivity index (χ3n) is 5.99. The van der Waals surface area contributed by atoms with Crippen LogP contribution in [0.5, 0.6) is 0 Å². The Bertz CT molecular complexity index is 1500. The van der Waals surface area contributed by atoms with E-state index in [2.05, 4.69) is 5.32 Å². The van der Waals surface area contributed by atoms with Gasteiger partial charge >= 0.3 is 0 Å². The van der Waals surface area contributed by atoms with Gasteiger partial charge in [-0.05, 0) is 67.3 Å². The van der Waals surface area contributed by atoms with Crippen LogP contribution >= 0.6 is 11.6 Å². The first-order valence-corrected chi connectivity index (χ1v) is 15.1. The van der Waals surface area contributed by atoms with Crippen LogP contribution in [0.1, 0.15) is 27.8 Å². The van der Waals surface area contributed by atoms with Crippen molar-refractivity contribution in [1.29, 1.82) is 0 Å². The van der Waals surface area contributed by atoms with E-state index < -0.39 is 32.5 Å². The van der Waals surface area contributed by atoms with Gasteiger partial charge in [-0.1, -0.05) is 53.6 Å². The third kappa shape index (κ3) is 7.00. The first-order valence-electron chi connectivity index (χ1n) is 11.8. The molecule has 0 bridgehead atoms. The number of aryl methyl sites for hydroxylation is 3. The summed E-state index contributed by atoms with van der Waals surface area (Å²) < 4.78 is 54.4. The summed E-state index contributed by atoms with van der Waals surface area (Å²) in [4.78, 5) is 13.3. The Morgan fingerprint density at radius 3 is 1.87 bits per heavy atom. The van der Waals surface area contributed by atoms with E-state index in [9.17, 15) is 21.6 Å². The summed E-state index contributed by atoms with van der Waals surface area (Å²) in [5.41, 5.74) is 3.53. The minimum atomic E-state index is -4.03. The molecule has 3 aromatic carbocycles. The van der Waals surface area contributed by atoms with E-state index in [0.717, 1.165) is 14.2 Å². The Morgan fingerprint density at radius 2 is 1.34 bits per heavy atom. The number of carbonyl (C=O) groups is 1. The highest BCUT2D eigenvalue weighted by Gasteiger charge is 2.30. The number of sulfonamides is 2. The van der Waals surface area contributed by atoms with E-state index in [0.29, 0.717) is 27.3 Å². The molecule has 3 aromatic rings. The number of hydrogen-bond acceptors (Lipinski definition) is 5. The molecule has 0 unspecified atom stereocenters. The lowest BCUT2D eigenvalue weighted by Crippen LogP contribution is -2.40. The highest BCUT2D eigenvalue weighted by atomic mass is 35.5. The maximum Gasteiger partial charge on any atom is 0.244 e. The van der Waals surface area contributed by atoms with Crippen molar-refractivity contribution in [3.63, 3.8) is 0 Å². The molecule has 1 amide bonds. The summed E-state index contributed by atoms with van der Waals surface area (Å²) in [5.74, 6) is -0.491. The topological polar surface area (TPSA) is 104 Å². The molecular weight excluding hydrogens is 546 g/mol. The number of amides is 1. The monoisotopic (exact) mass is 577 g/mol. The SMILES string of the molecule is Cc1cc(C)c(S(=O)(=O)N(CC(=O)NCc2ccc(S(=O)(=O)N(C)C)cc2)Cc2ccc(Cl)cc2)c(C)c1. The molecular formula is C27H32ClN3O5S2. The predicted molar refractivity (Wildman–Crippen MR) is 149 cm³/mol. The molecule has 0 aliphatic carbocycles. The number of halogens is 1. The van der Waals surface area contributed by atoms with Crippen molar-refractivity contribution >= 4 is 37.6 Å². The highest BCUT2D eigenvalue weighted by molar-refractivity contribution is 7.89. The van der Waals surface area contributed by atoms with E-state index in [1.54, 1.807) is 62.4 Å². The van der Waals surface area contributed by atoms with Crippen molar-refractivity contribution in [3.8, 4) is 0 Å². The van der Waals surface area contributed by atoms with Gasteiger partial charge in [0.05, 0.1) is 16.3 Å². The molecule has 3 rings (SSSR count). The van der Waals surface area contributed by atoms with E-state index in [1.165, 1.54) is 26.2 Å². The summed E-state index contributed by atoms with van der Waals surface area (Å²) in [7, 11) is -4.69. The van der Waals surface area contributed by atoms with Gasteiger partial charge in [0, 0.05) is 32.2 Å². The Balaban J connectivity index is 1.82. The van der Waals surface area contributed by atoms with E-state index in [4.69, 9.17) is 11.6 Å². The molecule has 0 aromatic heterocycles. The molecule has 0 saturated heterocycles. The summed E-state index contributed by atoms with van der Waals surface area (Å²) in [6.45, 7) is 5.08. The van der Waals surface area contributed by atoms with Crippen LogP contribution in [-0.2, 0) is 37.9 Å². The molecule has 1 N–H and O–H groups in total. The molecule has 11 heteroatoms. The van der Waals surface area contributed by atoms with Crippen LogP contribution in [0.2, 0.25) is 5.02 Å². The summed E-state index contributed by atoms with van der Waals surface area (Å²) in [6.07, 6.45) is 0. The third-order valence-corrected chi connectivity index (χ3v) is 10.2. The van der Waals surface area contributed by atoms with Crippen LogP contribution in [0.4, 0.5) is 0 Å². The zero-order valence-electron chi connectivity index (χ0n) is 22.0. The number of nitrogens with one attached hydrogen (secondary N) is 1. The molecule has 0 radical (unpaired) electrons. The summed E-state index contributed by atoms with van der Waals surface area (Å²) >= 11 is 5.99. The summed E-state index contributed by atoms with van der Waals surface area (Å²) in [6, 6.07) is 16.6. The second-order valence-electron chi connectivity index (χ2n) is 9.34. The Hall–Kier alpha value is -2.76. The molecule has 0 heterocycles. The van der Waals surface area contributed by atoms with Crippen LogP contribution in [0.15, 0.2) is 70.5 Å². The van der Waals surface area contributed by atoms with Gasteiger partial charge in [0.15, 0.2) is 0 Å². The first kappa shape index (κ1) is 29.8. The quantitative estimate of drug-likeness (QED) is 0.392. The van der Waals surface area contributed by atoms with Crippen LogP contribution in [-0.4, -0.2) is 52.0 Å². The van der Waals surface area contributed by atoms with Crippen molar-refractivity contribution in [2.24, 2.45) is 0 Å². The molecule has 8 nitrogen and oxygen atoms in total. The molecule has 0 spiro atoms. The molecule has 38 heavy (non-hydrogen) atoms. The smallest absolute Gasteiger partial charge is 0.244 e. The largest absolute Gasteiger partial charge is 0.351 e. The van der Waals surface area contributed by atoms with Crippen molar-refractivity contribution in [1.82, 2.24) is 13.9 Å². The fourth-order valence-electron chi connectivity index (χ4n) is 4.13. The minimum Gasteiger partial charge on any atom is -0.351 e. The van der Waals surface area contributed by atoms with Crippen molar-refractivity contribution in [2.75, 3.05) is 20.6 Å². The number of carbonyl (C=O) groups excluding carboxylic acids is 1. The molecule has 0 saturated carbocycles. The number of nitrogens with zero attached hydrogens (tertiary/aromatic N) is 2. The van der Waals surface area contributed by atoms with Crippen molar-refractivity contribution < 1.29 is 21.6 Å². The normalized spacial score (nSPS) is 12.2. The van der Waals surface area contributed by atoms with Crippen LogP contribution in [0.25, 0.3) is 0 Å². The van der Waals surface area contributed by atoms with Gasteiger partial charge in [0.2, 0.25) is 26.0 Å². The second-order valence-corrected chi connectivity index (χ2v) is 13.8. The van der Waals surface area contributed by atoms with Gasteiger partial charge in [0.25, 0.3) is 0 Å². The Morgan fingerprint density at radius 1 is 0.816 bits per heavy atom. The predicted octanol–water partition coefficient (Wildman–Crippen LogP) is 4.02. The Kier molecular flexibility index (Phi) is 9.38. The fourth-order valence-corrected chi connectivity index (χ4v) is 6.95. The van der Waals surface area contributed by atoms with Crippen molar-refractivity contribution in [3.05, 3.63) is 93.5 Å². The molecule has 0 aliphatic rings. The van der Waals surface area contributed by atoms with Crippen LogP contribution in [0.3, 0.4) is 0 Å². The van der Waals surface area contributed by atoms with Gasteiger partial charge in [-0.25, -0.2) is 21.1 Å². The van der Waals surface area contributed by atoms with Crippen LogP contribution in [0, 0.1) is 20.8 Å². The Labute approximate surface area is 230 Å². The zero-order valence-corrected chi connectivity index (χ0v) is 24.4. The molecule has 0 atom stereocenters. The number of benzene rings is 3. The van der Waals surface area contributed by atoms with E-state index >= 15 is 0 Å². The maximum absolute atomic E-state index is 13.8. The van der Waals surface area contributed by atoms with Gasteiger partial charge in [-0.15, -0.1) is 0 Å². The molecule has 0 fully saturated rings. The fraction of sp³-hybridized carbons (Fsp3) is 0.296. The summed E-state index contributed by atoms with van der Waals surface area (Å²) in [5, 5.41) is 3.26. The molecule has 0 aliphatic heterocycles. The van der Waals surface area contributed by atoms with Gasteiger partial charge in [-0.2, -0.15) is 4.31 Å². The van der Waals surface area contributed by atoms with Gasteiger partial charge in [-0.3, -0.25) is 4.79 Å². The lowest BCUT2D eigenvalue weighted by Gasteiger charge is -2.24. The lowest BCUT2D eigenvalue weighted by molar-refractivity contribution is -0.121. The van der Waals surface area contributed by atoms with E-state index in [-0.39, 0.29) is 22.9 Å². The van der Waals surface area contributed by atoms with Gasteiger partial charge in [0.1, 0.15) is 0 Å². The molecule has 204 valence electrons. The first-order chi connectivity index (χ1) is 17.7. The van der Waals surface area contributed by atoms with Gasteiger partial charge < -0.3 is 5.32 Å². The minimum absolute atomic E-state index is 0.0171. The standard InChI is InChI=1S/C27H32ClN3O5S2/c1-19-14-20(2)27(21(3)15-19)38(35,36)31(17-23-6-10-24(28)11-7-23)18-26(32)29-16-22-8-12-25(13-9-22)37(33,34)30(4)5/h6-15H,16-18H2,1-5H3,(H,29,32). The average Bonchev–Trinajstić information content (AvgIpc) is 2.83.